The highest BCUT2D eigenvalue weighted by Crippen LogP contribution is 2.18. The summed E-state index contributed by atoms with van der Waals surface area (Å²) in [5, 5.41) is 3.89. The zero-order valence-corrected chi connectivity index (χ0v) is 9.77. The third-order valence-corrected chi connectivity index (χ3v) is 2.46. The highest BCUT2D eigenvalue weighted by Gasteiger charge is 2.29. The summed E-state index contributed by atoms with van der Waals surface area (Å²) in [5.41, 5.74) is -1.06. The van der Waals surface area contributed by atoms with Crippen LogP contribution in [0.3, 0.4) is 0 Å². The molecule has 0 fully saturated rings. The van der Waals surface area contributed by atoms with Crippen molar-refractivity contribution in [2.45, 2.75) is 6.54 Å². The monoisotopic (exact) mass is 273 g/mol. The van der Waals surface area contributed by atoms with E-state index in [1.165, 1.54) is 4.68 Å². The maximum Gasteiger partial charge on any atom is 0.513 e. The van der Waals surface area contributed by atoms with Crippen LogP contribution in [0.15, 0.2) is 36.7 Å². The van der Waals surface area contributed by atoms with Gasteiger partial charge in [-0.2, -0.15) is 5.10 Å². The Morgan fingerprint density at radius 1 is 1.26 bits per heavy atom. The van der Waals surface area contributed by atoms with Crippen LogP contribution in [0.1, 0.15) is 0 Å². The maximum absolute atomic E-state index is 12.9. The lowest BCUT2D eigenvalue weighted by molar-refractivity contribution is 0.291. The van der Waals surface area contributed by atoms with Crippen LogP contribution in [0.4, 0.5) is 17.3 Å². The van der Waals surface area contributed by atoms with Gasteiger partial charge in [-0.1, -0.05) is 5.46 Å². The number of aromatic nitrogens is 2. The van der Waals surface area contributed by atoms with E-state index in [0.29, 0.717) is 12.6 Å². The summed E-state index contributed by atoms with van der Waals surface area (Å²) in [6.07, 6.45) is 3.23. The summed E-state index contributed by atoms with van der Waals surface area (Å²) in [6, 6.07) is 4.07. The molecule has 0 amide bonds. The van der Waals surface area contributed by atoms with Gasteiger partial charge < -0.3 is 17.7 Å². The molecule has 0 aliphatic heterocycles. The van der Waals surface area contributed by atoms with Gasteiger partial charge in [-0.3, -0.25) is 4.68 Å². The third-order valence-electron chi connectivity index (χ3n) is 2.46. The molecule has 0 atom stereocenters. The van der Waals surface area contributed by atoms with Crippen LogP contribution in [0.25, 0.3) is 0 Å². The number of hydrogen-bond acceptors (Lipinski definition) is 2. The van der Waals surface area contributed by atoms with E-state index in [4.69, 9.17) is 4.74 Å². The quantitative estimate of drug-likeness (QED) is 0.616. The molecule has 19 heavy (non-hydrogen) atoms. The molecule has 102 valence electrons. The Kier molecular flexibility index (Phi) is 3.78. The van der Waals surface area contributed by atoms with E-state index in [1.54, 1.807) is 18.5 Å². The average Bonchev–Trinajstić information content (AvgIpc) is 2.83. The predicted octanol–water partition coefficient (Wildman–Crippen LogP) is 2.16. The van der Waals surface area contributed by atoms with Crippen LogP contribution < -0.4 is 10.2 Å². The molecule has 0 aliphatic carbocycles. The molecule has 2 aromatic rings. The van der Waals surface area contributed by atoms with E-state index in [9.17, 15) is 17.3 Å². The molecule has 0 spiro atoms. The number of ether oxygens (including phenoxy) is 1. The number of rotatable bonds is 5. The van der Waals surface area contributed by atoms with Crippen LogP contribution in [-0.4, -0.2) is 23.4 Å². The van der Waals surface area contributed by atoms with Gasteiger partial charge >= 0.3 is 6.98 Å². The first-order valence-corrected chi connectivity index (χ1v) is 5.56. The minimum absolute atomic E-state index is 0.0203. The first-order chi connectivity index (χ1) is 8.97. The van der Waals surface area contributed by atoms with Crippen LogP contribution in [0.5, 0.6) is 5.75 Å². The Morgan fingerprint density at radius 3 is 2.68 bits per heavy atom. The Labute approximate surface area is 106 Å². The van der Waals surface area contributed by atoms with Crippen molar-refractivity contribution in [3.8, 4) is 5.75 Å². The smallest absolute Gasteiger partial charge is 0.495 e. The molecule has 3 nitrogen and oxygen atoms in total. The van der Waals surface area contributed by atoms with Gasteiger partial charge in [0.15, 0.2) is 0 Å². The SMILES string of the molecule is Fc1ccc(OCCn2cccn2)c([B-](F)(F)F)c1. The number of nitrogens with zero attached hydrogens (tertiary/aromatic N) is 2. The van der Waals surface area contributed by atoms with Crippen molar-refractivity contribution < 1.29 is 22.1 Å². The lowest BCUT2D eigenvalue weighted by atomic mass is 9.79. The van der Waals surface area contributed by atoms with Crippen LogP contribution >= 0.6 is 0 Å². The van der Waals surface area contributed by atoms with Gasteiger partial charge in [0.25, 0.3) is 0 Å². The fraction of sp³-hybridized carbons (Fsp3) is 0.182. The first-order valence-electron chi connectivity index (χ1n) is 5.56. The lowest BCUT2D eigenvalue weighted by Crippen LogP contribution is -2.36. The second kappa shape index (κ2) is 5.33. The molecule has 0 saturated heterocycles. The number of hydrogen-bond donors (Lipinski definition) is 0. The van der Waals surface area contributed by atoms with Crippen LogP contribution in [0.2, 0.25) is 0 Å². The topological polar surface area (TPSA) is 27.1 Å². The van der Waals surface area contributed by atoms with Gasteiger partial charge in [-0.25, -0.2) is 4.39 Å². The van der Waals surface area contributed by atoms with Crippen molar-refractivity contribution in [1.82, 2.24) is 9.78 Å². The summed E-state index contributed by atoms with van der Waals surface area (Å²) in [4.78, 5) is 0. The second-order valence-corrected chi connectivity index (χ2v) is 3.87. The summed E-state index contributed by atoms with van der Waals surface area (Å²) >= 11 is 0. The minimum Gasteiger partial charge on any atom is -0.495 e. The molecular weight excluding hydrogens is 263 g/mol. The fourth-order valence-corrected chi connectivity index (χ4v) is 1.59. The molecule has 1 aromatic carbocycles. The molecule has 0 aliphatic rings. The molecular formula is C11H10BF4N2O-. The maximum atomic E-state index is 12.9. The van der Waals surface area contributed by atoms with Crippen molar-refractivity contribution in [3.05, 3.63) is 42.5 Å². The number of benzene rings is 1. The van der Waals surface area contributed by atoms with Gasteiger partial charge in [0.05, 0.1) is 12.3 Å². The van der Waals surface area contributed by atoms with E-state index >= 15 is 0 Å². The van der Waals surface area contributed by atoms with Gasteiger partial charge in [-0.15, -0.1) is 0 Å². The summed E-state index contributed by atoms with van der Waals surface area (Å²) in [6.45, 7) is -4.97. The minimum atomic E-state index is -5.31. The summed E-state index contributed by atoms with van der Waals surface area (Å²) in [5.74, 6) is -1.30. The normalized spacial score (nSPS) is 11.6. The zero-order chi connectivity index (χ0) is 13.9. The van der Waals surface area contributed by atoms with E-state index in [2.05, 4.69) is 5.10 Å². The summed E-state index contributed by atoms with van der Waals surface area (Å²) in [7, 11) is 0. The Hall–Kier alpha value is -1.99. The van der Waals surface area contributed by atoms with Crippen LogP contribution in [-0.2, 0) is 6.54 Å². The molecule has 0 radical (unpaired) electrons. The van der Waals surface area contributed by atoms with Crippen molar-refractivity contribution in [3.63, 3.8) is 0 Å². The molecule has 1 aromatic heterocycles. The molecule has 0 bridgehead atoms. The Balaban J connectivity index is 2.07. The lowest BCUT2D eigenvalue weighted by Gasteiger charge is -2.19. The predicted molar refractivity (Wildman–Crippen MR) is 62.8 cm³/mol. The Bertz CT molecular complexity index is 542. The summed E-state index contributed by atoms with van der Waals surface area (Å²) < 4.78 is 57.6. The van der Waals surface area contributed by atoms with Crippen molar-refractivity contribution >= 4 is 12.4 Å². The van der Waals surface area contributed by atoms with Gasteiger partial charge in [0.1, 0.15) is 12.4 Å². The van der Waals surface area contributed by atoms with E-state index in [1.807, 2.05) is 0 Å². The van der Waals surface area contributed by atoms with Crippen LogP contribution in [0, 0.1) is 5.82 Å². The standard InChI is InChI=1S/C11H10BF4N2O/c13-9-2-3-11(10(8-9)12(14,15)16)19-7-6-18-5-1-4-17-18/h1-5,8H,6-7H2/q-1. The molecule has 8 heteroatoms. The molecule has 2 rings (SSSR count). The van der Waals surface area contributed by atoms with Gasteiger partial charge in [0, 0.05) is 12.4 Å². The van der Waals surface area contributed by atoms with E-state index in [-0.39, 0.29) is 12.4 Å². The van der Waals surface area contributed by atoms with Crippen molar-refractivity contribution in [2.24, 2.45) is 0 Å². The average molecular weight is 273 g/mol. The van der Waals surface area contributed by atoms with E-state index in [0.717, 1.165) is 12.1 Å². The fourth-order valence-electron chi connectivity index (χ4n) is 1.59. The largest absolute Gasteiger partial charge is 0.513 e. The van der Waals surface area contributed by atoms with Crippen molar-refractivity contribution in [2.75, 3.05) is 6.61 Å². The molecule has 0 N–H and O–H groups in total. The second-order valence-electron chi connectivity index (χ2n) is 3.87. The molecule has 0 saturated carbocycles. The number of halogens is 4. The van der Waals surface area contributed by atoms with Gasteiger partial charge in [-0.05, 0) is 24.3 Å². The highest BCUT2D eigenvalue weighted by atomic mass is 19.4. The zero-order valence-electron chi connectivity index (χ0n) is 9.77. The third kappa shape index (κ3) is 3.49. The molecule has 1 heterocycles. The molecule has 0 unspecified atom stereocenters. The first kappa shape index (κ1) is 13.4. The van der Waals surface area contributed by atoms with Gasteiger partial charge in [0.2, 0.25) is 0 Å². The van der Waals surface area contributed by atoms with E-state index < -0.39 is 18.3 Å². The van der Waals surface area contributed by atoms with Crippen molar-refractivity contribution in [1.29, 1.82) is 0 Å². The Morgan fingerprint density at radius 2 is 2.05 bits per heavy atom. The highest BCUT2D eigenvalue weighted by molar-refractivity contribution is 6.74.